The number of rotatable bonds is 4. The van der Waals surface area contributed by atoms with Crippen LogP contribution in [0.1, 0.15) is 13.0 Å². The molecule has 0 aromatic heterocycles. The van der Waals surface area contributed by atoms with E-state index in [0.717, 1.165) is 5.75 Å². The lowest BCUT2D eigenvalue weighted by molar-refractivity contribution is 0.306. The molecule has 0 aliphatic carbocycles. The maximum atomic E-state index is 5.69. The zero-order valence-corrected chi connectivity index (χ0v) is 10.4. The van der Waals surface area contributed by atoms with Gasteiger partial charge in [-0.25, -0.2) is 0 Å². The van der Waals surface area contributed by atoms with E-state index in [0.29, 0.717) is 13.3 Å². The average molecular weight is 240 g/mol. The lowest BCUT2D eigenvalue weighted by Gasteiger charge is -2.07. The molecule has 0 aliphatic heterocycles. The zero-order chi connectivity index (χ0) is 12.1. The topological polar surface area (TPSA) is 9.23 Å². The Morgan fingerprint density at radius 2 is 1.50 bits per heavy atom. The Balaban J connectivity index is 0.00000162. The van der Waals surface area contributed by atoms with Crippen LogP contribution < -0.4 is 10.2 Å². The van der Waals surface area contributed by atoms with Gasteiger partial charge in [0.2, 0.25) is 0 Å². The van der Waals surface area contributed by atoms with Gasteiger partial charge in [0.05, 0.1) is 0 Å². The summed E-state index contributed by atoms with van der Waals surface area (Å²) >= 11 is 0. The van der Waals surface area contributed by atoms with Gasteiger partial charge in [0, 0.05) is 0 Å². The lowest BCUT2D eigenvalue weighted by atomic mass is 9.49. The van der Waals surface area contributed by atoms with Crippen LogP contribution in [-0.2, 0) is 6.61 Å². The molecule has 0 bridgehead atoms. The van der Waals surface area contributed by atoms with Crippen molar-refractivity contribution in [2.75, 3.05) is 0 Å². The predicted molar refractivity (Wildman–Crippen MR) is 81.1 cm³/mol. The molecule has 0 saturated carbocycles. The molecule has 2 heteroatoms. The van der Waals surface area contributed by atoms with Crippen molar-refractivity contribution in [3.63, 3.8) is 0 Å². The van der Waals surface area contributed by atoms with Crippen LogP contribution in [0.5, 0.6) is 5.75 Å². The monoisotopic (exact) mass is 240 g/mol. The van der Waals surface area contributed by atoms with E-state index in [1.807, 2.05) is 30.3 Å². The summed E-state index contributed by atoms with van der Waals surface area (Å²) in [7, 11) is 0. The predicted octanol–water partition coefficient (Wildman–Crippen LogP) is 3.86. The van der Waals surface area contributed by atoms with Crippen LogP contribution in [0.4, 0.5) is 0 Å². The molecule has 0 fully saturated rings. The zero-order valence-electron chi connectivity index (χ0n) is 10.4. The van der Waals surface area contributed by atoms with Gasteiger partial charge in [-0.2, -0.15) is 0 Å². The minimum atomic E-state index is 0. The van der Waals surface area contributed by atoms with Gasteiger partial charge in [-0.15, -0.1) is 0 Å². The van der Waals surface area contributed by atoms with Crippen molar-refractivity contribution in [2.45, 2.75) is 27.7 Å². The molecule has 94 valence electrons. The van der Waals surface area contributed by atoms with Crippen LogP contribution >= 0.6 is 0 Å². The molecule has 0 atom stereocenters. The third kappa shape index (κ3) is 3.95. The highest BCUT2D eigenvalue weighted by Gasteiger charge is 2.02. The summed E-state index contributed by atoms with van der Waals surface area (Å²) in [5.74, 6) is 0.917. The maximum absolute atomic E-state index is 5.69. The fourth-order valence-corrected chi connectivity index (χ4v) is 1.68. The molecule has 2 aromatic rings. The van der Waals surface area contributed by atoms with Gasteiger partial charge in [-0.3, -0.25) is 0 Å². The summed E-state index contributed by atoms with van der Waals surface area (Å²) < 4.78 is 5.69. The first-order valence-corrected chi connectivity index (χ1v) is 6.02. The second-order valence-corrected chi connectivity index (χ2v) is 4.50. The standard InChI is InChI=1S/C15H17BO.CH4/c1-16(2)14-10-8-13(9-11-14)12-17-15-6-4-3-5-7-15;/h3-11H,12H2,1-2H3;1H4. The number of hydrogen-bond donors (Lipinski definition) is 0. The first kappa shape index (κ1) is 14.4. The fraction of sp³-hybridized carbons (Fsp3) is 0.250. The van der Waals surface area contributed by atoms with Gasteiger partial charge >= 0.3 is 0 Å². The van der Waals surface area contributed by atoms with Crippen molar-refractivity contribution >= 4 is 12.2 Å². The van der Waals surface area contributed by atoms with Crippen molar-refractivity contribution in [3.05, 3.63) is 60.2 Å². The molecule has 2 aromatic carbocycles. The Morgan fingerprint density at radius 1 is 0.889 bits per heavy atom. The Hall–Kier alpha value is -1.70. The van der Waals surface area contributed by atoms with Crippen molar-refractivity contribution in [2.24, 2.45) is 0 Å². The van der Waals surface area contributed by atoms with Gasteiger partial charge in [0.15, 0.2) is 6.71 Å². The van der Waals surface area contributed by atoms with E-state index in [4.69, 9.17) is 4.74 Å². The Morgan fingerprint density at radius 3 is 2.06 bits per heavy atom. The molecular weight excluding hydrogens is 219 g/mol. The Labute approximate surface area is 111 Å². The molecule has 0 radical (unpaired) electrons. The summed E-state index contributed by atoms with van der Waals surface area (Å²) in [5, 5.41) is 0. The summed E-state index contributed by atoms with van der Waals surface area (Å²) in [5.41, 5.74) is 2.58. The quantitative estimate of drug-likeness (QED) is 0.737. The van der Waals surface area contributed by atoms with E-state index in [9.17, 15) is 0 Å². The summed E-state index contributed by atoms with van der Waals surface area (Å²) in [6, 6.07) is 18.5. The molecule has 0 spiro atoms. The van der Waals surface area contributed by atoms with Gasteiger partial charge in [0.25, 0.3) is 0 Å². The molecule has 0 amide bonds. The fourth-order valence-electron chi connectivity index (χ4n) is 1.68. The number of benzene rings is 2. The molecule has 2 rings (SSSR count). The molecule has 0 heterocycles. The van der Waals surface area contributed by atoms with Gasteiger partial charge in [0.1, 0.15) is 12.4 Å². The van der Waals surface area contributed by atoms with E-state index >= 15 is 0 Å². The third-order valence-electron chi connectivity index (χ3n) is 2.80. The summed E-state index contributed by atoms with van der Waals surface area (Å²) in [6.07, 6.45) is 0. The normalized spacial score (nSPS) is 9.44. The van der Waals surface area contributed by atoms with E-state index in [1.54, 1.807) is 0 Å². The van der Waals surface area contributed by atoms with Gasteiger partial charge in [-0.05, 0) is 17.7 Å². The van der Waals surface area contributed by atoms with Crippen molar-refractivity contribution in [3.8, 4) is 5.75 Å². The number of hydrogen-bond acceptors (Lipinski definition) is 1. The van der Waals surface area contributed by atoms with E-state index < -0.39 is 0 Å². The van der Waals surface area contributed by atoms with Crippen LogP contribution in [0.2, 0.25) is 13.6 Å². The second-order valence-electron chi connectivity index (χ2n) is 4.50. The van der Waals surface area contributed by atoms with Crippen LogP contribution in [0, 0.1) is 0 Å². The summed E-state index contributed by atoms with van der Waals surface area (Å²) in [6.45, 7) is 5.62. The highest BCUT2D eigenvalue weighted by Crippen LogP contribution is 2.11. The molecule has 0 aliphatic rings. The van der Waals surface area contributed by atoms with Crippen LogP contribution in [0.25, 0.3) is 0 Å². The van der Waals surface area contributed by atoms with Crippen LogP contribution in [0.3, 0.4) is 0 Å². The molecule has 1 nitrogen and oxygen atoms in total. The first-order valence-electron chi connectivity index (χ1n) is 6.02. The second kappa shape index (κ2) is 6.90. The SMILES string of the molecule is C.CB(C)c1ccc(COc2ccccc2)cc1. The molecule has 0 N–H and O–H groups in total. The third-order valence-corrected chi connectivity index (χ3v) is 2.80. The largest absolute Gasteiger partial charge is 0.489 e. The molecular formula is C16H21BO. The molecule has 0 unspecified atom stereocenters. The number of ether oxygens (including phenoxy) is 1. The number of para-hydroxylation sites is 1. The molecule has 18 heavy (non-hydrogen) atoms. The molecule has 0 saturated heterocycles. The smallest absolute Gasteiger partial charge is 0.169 e. The first-order chi connectivity index (χ1) is 8.25. The van der Waals surface area contributed by atoms with Crippen LogP contribution in [-0.4, -0.2) is 6.71 Å². The van der Waals surface area contributed by atoms with E-state index in [2.05, 4.69) is 37.9 Å². The van der Waals surface area contributed by atoms with Crippen molar-refractivity contribution < 1.29 is 4.74 Å². The van der Waals surface area contributed by atoms with Crippen molar-refractivity contribution in [1.82, 2.24) is 0 Å². The minimum Gasteiger partial charge on any atom is -0.489 e. The average Bonchev–Trinajstić information content (AvgIpc) is 2.38. The summed E-state index contributed by atoms with van der Waals surface area (Å²) in [4.78, 5) is 0. The minimum absolute atomic E-state index is 0. The maximum Gasteiger partial charge on any atom is 0.169 e. The van der Waals surface area contributed by atoms with E-state index in [1.165, 1.54) is 11.0 Å². The van der Waals surface area contributed by atoms with Gasteiger partial charge in [-0.1, -0.05) is 69.0 Å². The van der Waals surface area contributed by atoms with E-state index in [-0.39, 0.29) is 7.43 Å². The van der Waals surface area contributed by atoms with Gasteiger partial charge < -0.3 is 4.74 Å². The highest BCUT2D eigenvalue weighted by atomic mass is 16.5. The van der Waals surface area contributed by atoms with Crippen molar-refractivity contribution in [1.29, 1.82) is 0 Å². The lowest BCUT2D eigenvalue weighted by Crippen LogP contribution is -2.22. The Bertz CT molecular complexity index is 448. The van der Waals surface area contributed by atoms with Crippen LogP contribution in [0.15, 0.2) is 54.6 Å². The highest BCUT2D eigenvalue weighted by molar-refractivity contribution is 6.70. The Kier molecular flexibility index (Phi) is 5.51.